The highest BCUT2D eigenvalue weighted by Gasteiger charge is 2.09. The van der Waals surface area contributed by atoms with Gasteiger partial charge in [0.15, 0.2) is 0 Å². The molecule has 1 N–H and O–H groups in total. The molecule has 0 spiro atoms. The predicted molar refractivity (Wildman–Crippen MR) is 84.5 cm³/mol. The number of benzene rings is 2. The lowest BCUT2D eigenvalue weighted by molar-refractivity contribution is 0.0950. The van der Waals surface area contributed by atoms with Gasteiger partial charge in [-0.05, 0) is 51.8 Å². The van der Waals surface area contributed by atoms with E-state index in [0.717, 1.165) is 14.5 Å². The van der Waals surface area contributed by atoms with Crippen LogP contribution in [0.5, 0.6) is 0 Å². The number of hydrogen-bond donors (Lipinski definition) is 1. The molecule has 0 aliphatic heterocycles. The van der Waals surface area contributed by atoms with Crippen LogP contribution >= 0.6 is 43.5 Å². The van der Waals surface area contributed by atoms with E-state index in [0.29, 0.717) is 17.1 Å². The molecule has 2 aromatic rings. The topological polar surface area (TPSA) is 29.1 Å². The van der Waals surface area contributed by atoms with Gasteiger partial charge in [-0.15, -0.1) is 0 Å². The van der Waals surface area contributed by atoms with Crippen molar-refractivity contribution in [1.29, 1.82) is 0 Å². The Labute approximate surface area is 133 Å². The highest BCUT2D eigenvalue weighted by Crippen LogP contribution is 2.22. The third-order valence-electron chi connectivity index (χ3n) is 2.54. The Morgan fingerprint density at radius 2 is 1.79 bits per heavy atom. The molecule has 0 heterocycles. The molecule has 2 rings (SSSR count). The van der Waals surface area contributed by atoms with Crippen LogP contribution < -0.4 is 5.32 Å². The van der Waals surface area contributed by atoms with Gasteiger partial charge in [0.05, 0.1) is 5.56 Å². The van der Waals surface area contributed by atoms with Gasteiger partial charge in [0.25, 0.3) is 5.91 Å². The molecule has 5 heteroatoms. The molecule has 2 aromatic carbocycles. The first kappa shape index (κ1) is 14.6. The lowest BCUT2D eigenvalue weighted by Gasteiger charge is -2.07. The largest absolute Gasteiger partial charge is 0.348 e. The van der Waals surface area contributed by atoms with E-state index in [1.54, 1.807) is 18.2 Å². The summed E-state index contributed by atoms with van der Waals surface area (Å²) in [4.78, 5) is 12.0. The molecular formula is C14H10Br2ClNO. The van der Waals surface area contributed by atoms with Crippen LogP contribution in [0.15, 0.2) is 51.4 Å². The molecule has 0 saturated heterocycles. The number of hydrogen-bond acceptors (Lipinski definition) is 1. The normalized spacial score (nSPS) is 10.3. The van der Waals surface area contributed by atoms with Crippen molar-refractivity contribution in [3.8, 4) is 0 Å². The fourth-order valence-corrected chi connectivity index (χ4v) is 2.91. The zero-order valence-corrected chi connectivity index (χ0v) is 13.7. The highest BCUT2D eigenvalue weighted by molar-refractivity contribution is 9.11. The number of carbonyl (C=O) groups excluding carboxylic acids is 1. The molecule has 19 heavy (non-hydrogen) atoms. The van der Waals surface area contributed by atoms with Crippen LogP contribution in [0.2, 0.25) is 5.02 Å². The van der Waals surface area contributed by atoms with Gasteiger partial charge in [-0.2, -0.15) is 0 Å². The molecule has 0 bridgehead atoms. The van der Waals surface area contributed by atoms with Crippen LogP contribution in [0.4, 0.5) is 0 Å². The smallest absolute Gasteiger partial charge is 0.252 e. The van der Waals surface area contributed by atoms with Crippen molar-refractivity contribution in [3.63, 3.8) is 0 Å². The second kappa shape index (κ2) is 6.55. The van der Waals surface area contributed by atoms with Crippen molar-refractivity contribution >= 4 is 49.4 Å². The minimum absolute atomic E-state index is 0.116. The Kier molecular flexibility index (Phi) is 5.02. The van der Waals surface area contributed by atoms with E-state index in [1.165, 1.54) is 0 Å². The SMILES string of the molecule is O=C(NCc1ccc(Cl)cc1)c1ccc(Br)cc1Br. The summed E-state index contributed by atoms with van der Waals surface area (Å²) in [6.07, 6.45) is 0. The third-order valence-corrected chi connectivity index (χ3v) is 3.94. The van der Waals surface area contributed by atoms with Crippen LogP contribution in [-0.2, 0) is 6.54 Å². The molecule has 0 unspecified atom stereocenters. The average Bonchev–Trinajstić information content (AvgIpc) is 2.37. The Morgan fingerprint density at radius 3 is 2.42 bits per heavy atom. The summed E-state index contributed by atoms with van der Waals surface area (Å²) >= 11 is 12.5. The molecule has 0 aromatic heterocycles. The summed E-state index contributed by atoms with van der Waals surface area (Å²) in [6.45, 7) is 0.471. The van der Waals surface area contributed by atoms with Crippen LogP contribution in [0, 0.1) is 0 Å². The Morgan fingerprint density at radius 1 is 1.11 bits per heavy atom. The van der Waals surface area contributed by atoms with Crippen molar-refractivity contribution in [2.45, 2.75) is 6.54 Å². The predicted octanol–water partition coefficient (Wildman–Crippen LogP) is 4.80. The minimum Gasteiger partial charge on any atom is -0.348 e. The van der Waals surface area contributed by atoms with Crippen molar-refractivity contribution in [3.05, 3.63) is 67.6 Å². The zero-order chi connectivity index (χ0) is 13.8. The summed E-state index contributed by atoms with van der Waals surface area (Å²) in [5.41, 5.74) is 1.61. The Balaban J connectivity index is 2.03. The number of halogens is 3. The van der Waals surface area contributed by atoms with Gasteiger partial charge in [0, 0.05) is 20.5 Å². The average molecular weight is 404 g/mol. The number of amides is 1. The van der Waals surface area contributed by atoms with E-state index >= 15 is 0 Å². The van der Waals surface area contributed by atoms with Crippen molar-refractivity contribution in [1.82, 2.24) is 5.32 Å². The summed E-state index contributed by atoms with van der Waals surface area (Å²) in [7, 11) is 0. The molecule has 0 atom stereocenters. The summed E-state index contributed by atoms with van der Waals surface area (Å²) in [5, 5.41) is 3.55. The van der Waals surface area contributed by atoms with Crippen molar-refractivity contribution in [2.24, 2.45) is 0 Å². The Bertz CT molecular complexity index is 599. The van der Waals surface area contributed by atoms with Gasteiger partial charge in [-0.25, -0.2) is 0 Å². The van der Waals surface area contributed by atoms with Crippen LogP contribution in [0.1, 0.15) is 15.9 Å². The first-order chi connectivity index (χ1) is 9.06. The fourth-order valence-electron chi connectivity index (χ4n) is 1.55. The summed E-state index contributed by atoms with van der Waals surface area (Å²) in [5.74, 6) is -0.116. The fraction of sp³-hybridized carbons (Fsp3) is 0.0714. The molecule has 2 nitrogen and oxygen atoms in total. The first-order valence-corrected chi connectivity index (χ1v) is 7.50. The minimum atomic E-state index is -0.116. The molecule has 1 amide bonds. The summed E-state index contributed by atoms with van der Waals surface area (Å²) in [6, 6.07) is 12.8. The number of rotatable bonds is 3. The second-order valence-electron chi connectivity index (χ2n) is 3.93. The van der Waals surface area contributed by atoms with Gasteiger partial charge in [-0.1, -0.05) is 39.7 Å². The Hall–Kier alpha value is -0.840. The number of carbonyl (C=O) groups is 1. The lowest BCUT2D eigenvalue weighted by atomic mass is 10.2. The maximum atomic E-state index is 12.0. The first-order valence-electron chi connectivity index (χ1n) is 5.54. The van der Waals surface area contributed by atoms with Gasteiger partial charge >= 0.3 is 0 Å². The maximum Gasteiger partial charge on any atom is 0.252 e. The molecule has 98 valence electrons. The standard InChI is InChI=1S/C14H10Br2ClNO/c15-10-3-6-12(13(16)7-10)14(19)18-8-9-1-4-11(17)5-2-9/h1-7H,8H2,(H,18,19). The van der Waals surface area contributed by atoms with E-state index < -0.39 is 0 Å². The lowest BCUT2D eigenvalue weighted by Crippen LogP contribution is -2.23. The van der Waals surface area contributed by atoms with E-state index in [-0.39, 0.29) is 5.91 Å². The maximum absolute atomic E-state index is 12.0. The number of nitrogens with one attached hydrogen (secondary N) is 1. The summed E-state index contributed by atoms with van der Waals surface area (Å²) < 4.78 is 1.68. The molecule has 0 fully saturated rings. The third kappa shape index (κ3) is 4.06. The molecule has 0 aliphatic carbocycles. The molecule has 0 saturated carbocycles. The van der Waals surface area contributed by atoms with E-state index in [2.05, 4.69) is 37.2 Å². The monoisotopic (exact) mass is 401 g/mol. The van der Waals surface area contributed by atoms with Crippen LogP contribution in [0.25, 0.3) is 0 Å². The van der Waals surface area contributed by atoms with Gasteiger partial charge in [0.1, 0.15) is 0 Å². The molecular weight excluding hydrogens is 393 g/mol. The van der Waals surface area contributed by atoms with Crippen molar-refractivity contribution in [2.75, 3.05) is 0 Å². The van der Waals surface area contributed by atoms with E-state index in [9.17, 15) is 4.79 Å². The van der Waals surface area contributed by atoms with Crippen LogP contribution in [-0.4, -0.2) is 5.91 Å². The molecule has 0 aliphatic rings. The highest BCUT2D eigenvalue weighted by atomic mass is 79.9. The zero-order valence-electron chi connectivity index (χ0n) is 9.79. The second-order valence-corrected chi connectivity index (χ2v) is 6.14. The van der Waals surface area contributed by atoms with Gasteiger partial charge < -0.3 is 5.32 Å². The van der Waals surface area contributed by atoms with Crippen molar-refractivity contribution < 1.29 is 4.79 Å². The van der Waals surface area contributed by atoms with Crippen LogP contribution in [0.3, 0.4) is 0 Å². The quantitative estimate of drug-likeness (QED) is 0.784. The molecule has 0 radical (unpaired) electrons. The van der Waals surface area contributed by atoms with Gasteiger partial charge in [-0.3, -0.25) is 4.79 Å². The van der Waals surface area contributed by atoms with Gasteiger partial charge in [0.2, 0.25) is 0 Å². The van der Waals surface area contributed by atoms with E-state index in [1.807, 2.05) is 24.3 Å². The van der Waals surface area contributed by atoms with E-state index in [4.69, 9.17) is 11.6 Å².